The number of hydrogen-bond acceptors (Lipinski definition) is 3. The van der Waals surface area contributed by atoms with Crippen LogP contribution in [0.25, 0.3) is 21.9 Å². The zero-order chi connectivity index (χ0) is 17.8. The summed E-state index contributed by atoms with van der Waals surface area (Å²) in [6.45, 7) is 6.56. The number of carbonyl (C=O) groups is 2. The van der Waals surface area contributed by atoms with Gasteiger partial charge in [-0.3, -0.25) is 14.9 Å². The van der Waals surface area contributed by atoms with E-state index in [9.17, 15) is 9.59 Å². The number of benzene rings is 1. The fourth-order valence-corrected chi connectivity index (χ4v) is 3.59. The second-order valence-electron chi connectivity index (χ2n) is 7.69. The molecule has 1 saturated heterocycles. The minimum Gasteiger partial charge on any atom is -0.313 e. The molecule has 1 atom stereocenters. The average Bonchev–Trinajstić information content (AvgIpc) is 2.88. The molecular weight excluding hydrogens is 314 g/mol. The van der Waals surface area contributed by atoms with E-state index in [0.29, 0.717) is 12.8 Å². The van der Waals surface area contributed by atoms with Gasteiger partial charge in [-0.1, -0.05) is 26.8 Å². The van der Waals surface area contributed by atoms with Gasteiger partial charge in [0.25, 0.3) is 0 Å². The highest BCUT2D eigenvalue weighted by Gasteiger charge is 2.31. The Morgan fingerprint density at radius 3 is 2.68 bits per heavy atom. The van der Waals surface area contributed by atoms with Crippen LogP contribution in [0.4, 0.5) is 0 Å². The zero-order valence-corrected chi connectivity index (χ0v) is 14.7. The Bertz CT molecular complexity index is 1010. The highest BCUT2D eigenvalue weighted by atomic mass is 16.2. The smallest absolute Gasteiger partial charge is 0.249 e. The molecular formula is C20H21N3O2. The van der Waals surface area contributed by atoms with Gasteiger partial charge in [0.1, 0.15) is 11.7 Å². The molecule has 1 fully saturated rings. The summed E-state index contributed by atoms with van der Waals surface area (Å²) in [6.07, 6.45) is 2.60. The summed E-state index contributed by atoms with van der Waals surface area (Å²) in [5, 5.41) is 4.59. The molecule has 3 aromatic rings. The number of aromatic nitrogens is 2. The summed E-state index contributed by atoms with van der Waals surface area (Å²) >= 11 is 0. The van der Waals surface area contributed by atoms with Crippen LogP contribution in [0.15, 0.2) is 36.5 Å². The molecule has 3 heterocycles. The number of piperidine rings is 1. The first kappa shape index (κ1) is 15.8. The molecule has 1 aliphatic heterocycles. The number of carbonyl (C=O) groups excluding carboxylic acids is 2. The number of hydrogen-bond donors (Lipinski definition) is 1. The maximum absolute atomic E-state index is 12.4. The first-order valence-corrected chi connectivity index (χ1v) is 8.59. The van der Waals surface area contributed by atoms with Crippen LogP contribution in [0.1, 0.15) is 45.2 Å². The van der Waals surface area contributed by atoms with Crippen LogP contribution in [0.3, 0.4) is 0 Å². The van der Waals surface area contributed by atoms with E-state index in [4.69, 9.17) is 0 Å². The van der Waals surface area contributed by atoms with Gasteiger partial charge in [0.15, 0.2) is 0 Å². The maximum atomic E-state index is 12.4. The summed E-state index contributed by atoms with van der Waals surface area (Å²) < 4.78 is 1.98. The standard InChI is InChI=1S/C20H21N3O2/c1-20(2,3)12-6-7-15-14(11-12)13-5-4-10-21-18(13)23(15)16-8-9-17(24)22-19(16)25/h4-7,10-11,16H,8-9H2,1-3H3,(H,22,24,25). The van der Waals surface area contributed by atoms with Crippen LogP contribution in [-0.2, 0) is 15.0 Å². The Kier molecular flexibility index (Phi) is 3.42. The molecule has 1 aromatic carbocycles. The van der Waals surface area contributed by atoms with Gasteiger partial charge in [-0.2, -0.15) is 0 Å². The van der Waals surface area contributed by atoms with E-state index in [-0.39, 0.29) is 17.2 Å². The molecule has 0 radical (unpaired) electrons. The Morgan fingerprint density at radius 1 is 1.16 bits per heavy atom. The molecule has 1 N–H and O–H groups in total. The molecule has 0 spiro atoms. The van der Waals surface area contributed by atoms with Crippen molar-refractivity contribution in [2.45, 2.75) is 45.1 Å². The SMILES string of the molecule is CC(C)(C)c1ccc2c(c1)c1cccnc1n2C1CCC(=O)NC1=O. The molecule has 1 unspecified atom stereocenters. The number of nitrogens with one attached hydrogen (secondary N) is 1. The van der Waals surface area contributed by atoms with E-state index in [1.807, 2.05) is 16.7 Å². The number of amides is 2. The van der Waals surface area contributed by atoms with Crippen molar-refractivity contribution < 1.29 is 9.59 Å². The second kappa shape index (κ2) is 5.41. The Labute approximate surface area is 146 Å². The minimum absolute atomic E-state index is 0.0411. The van der Waals surface area contributed by atoms with Crippen LogP contribution in [0.5, 0.6) is 0 Å². The molecule has 2 aromatic heterocycles. The number of fused-ring (bicyclic) bond motifs is 3. The predicted molar refractivity (Wildman–Crippen MR) is 97.4 cm³/mol. The van der Waals surface area contributed by atoms with Crippen molar-refractivity contribution in [3.8, 4) is 0 Å². The van der Waals surface area contributed by atoms with E-state index >= 15 is 0 Å². The number of pyridine rings is 1. The van der Waals surface area contributed by atoms with Crippen LogP contribution >= 0.6 is 0 Å². The second-order valence-corrected chi connectivity index (χ2v) is 7.69. The predicted octanol–water partition coefficient (Wildman–Crippen LogP) is 3.46. The lowest BCUT2D eigenvalue weighted by Gasteiger charge is -2.24. The van der Waals surface area contributed by atoms with E-state index in [2.05, 4.69) is 49.3 Å². The van der Waals surface area contributed by atoms with Gasteiger partial charge in [-0.05, 0) is 41.7 Å². The third-order valence-corrected chi connectivity index (χ3v) is 4.95. The summed E-state index contributed by atoms with van der Waals surface area (Å²) in [4.78, 5) is 28.5. The van der Waals surface area contributed by atoms with Crippen molar-refractivity contribution in [3.05, 3.63) is 42.1 Å². The van der Waals surface area contributed by atoms with Crippen molar-refractivity contribution >= 4 is 33.8 Å². The monoisotopic (exact) mass is 335 g/mol. The van der Waals surface area contributed by atoms with Gasteiger partial charge in [0, 0.05) is 23.4 Å². The number of imide groups is 1. The van der Waals surface area contributed by atoms with E-state index in [0.717, 1.165) is 21.9 Å². The molecule has 25 heavy (non-hydrogen) atoms. The number of nitrogens with zero attached hydrogens (tertiary/aromatic N) is 2. The van der Waals surface area contributed by atoms with Gasteiger partial charge in [-0.25, -0.2) is 4.98 Å². The van der Waals surface area contributed by atoms with Crippen LogP contribution < -0.4 is 5.32 Å². The van der Waals surface area contributed by atoms with Crippen LogP contribution in [0.2, 0.25) is 0 Å². The van der Waals surface area contributed by atoms with Crippen molar-refractivity contribution in [2.24, 2.45) is 0 Å². The van der Waals surface area contributed by atoms with Gasteiger partial charge < -0.3 is 4.57 Å². The Balaban J connectivity index is 2.00. The fourth-order valence-electron chi connectivity index (χ4n) is 3.59. The Morgan fingerprint density at radius 2 is 1.96 bits per heavy atom. The summed E-state index contributed by atoms with van der Waals surface area (Å²) in [6, 6.07) is 9.93. The quantitative estimate of drug-likeness (QED) is 0.693. The largest absolute Gasteiger partial charge is 0.313 e. The van der Waals surface area contributed by atoms with Crippen LogP contribution in [-0.4, -0.2) is 21.4 Å². The summed E-state index contributed by atoms with van der Waals surface area (Å²) in [7, 11) is 0. The average molecular weight is 335 g/mol. The highest BCUT2D eigenvalue weighted by molar-refractivity contribution is 6.09. The molecule has 5 nitrogen and oxygen atoms in total. The molecule has 0 aliphatic carbocycles. The van der Waals surface area contributed by atoms with Crippen LogP contribution in [0, 0.1) is 0 Å². The maximum Gasteiger partial charge on any atom is 0.249 e. The summed E-state index contributed by atoms with van der Waals surface area (Å²) in [5.74, 6) is -0.453. The van der Waals surface area contributed by atoms with E-state index in [1.165, 1.54) is 5.56 Å². The van der Waals surface area contributed by atoms with Crippen molar-refractivity contribution in [2.75, 3.05) is 0 Å². The van der Waals surface area contributed by atoms with Gasteiger partial charge in [0.2, 0.25) is 11.8 Å². The first-order valence-electron chi connectivity index (χ1n) is 8.59. The first-order chi connectivity index (χ1) is 11.9. The van der Waals surface area contributed by atoms with E-state index in [1.54, 1.807) is 6.20 Å². The molecule has 2 amide bonds. The topological polar surface area (TPSA) is 64.0 Å². The Hall–Kier alpha value is -2.69. The number of rotatable bonds is 1. The van der Waals surface area contributed by atoms with Crippen molar-refractivity contribution in [3.63, 3.8) is 0 Å². The van der Waals surface area contributed by atoms with Gasteiger partial charge >= 0.3 is 0 Å². The normalized spacial score (nSPS) is 18.8. The van der Waals surface area contributed by atoms with Crippen molar-refractivity contribution in [1.29, 1.82) is 0 Å². The van der Waals surface area contributed by atoms with Gasteiger partial charge in [-0.15, -0.1) is 0 Å². The van der Waals surface area contributed by atoms with Gasteiger partial charge in [0.05, 0.1) is 5.52 Å². The molecule has 1 aliphatic rings. The summed E-state index contributed by atoms with van der Waals surface area (Å²) in [5.41, 5.74) is 3.06. The zero-order valence-electron chi connectivity index (χ0n) is 14.7. The lowest BCUT2D eigenvalue weighted by molar-refractivity contribution is -0.135. The molecule has 128 valence electrons. The molecule has 0 bridgehead atoms. The highest BCUT2D eigenvalue weighted by Crippen LogP contribution is 2.35. The fraction of sp³-hybridized carbons (Fsp3) is 0.350. The van der Waals surface area contributed by atoms with Crippen molar-refractivity contribution in [1.82, 2.24) is 14.9 Å². The molecule has 4 rings (SSSR count). The minimum atomic E-state index is -0.409. The lowest BCUT2D eigenvalue weighted by Crippen LogP contribution is -2.41. The van der Waals surface area contributed by atoms with E-state index < -0.39 is 6.04 Å². The molecule has 0 saturated carbocycles. The lowest BCUT2D eigenvalue weighted by atomic mass is 9.86. The molecule has 5 heteroatoms. The third kappa shape index (κ3) is 2.51. The third-order valence-electron chi connectivity index (χ3n) is 4.95.